The van der Waals surface area contributed by atoms with E-state index in [0.29, 0.717) is 30.6 Å². The summed E-state index contributed by atoms with van der Waals surface area (Å²) in [5.74, 6) is -0.731. The summed E-state index contributed by atoms with van der Waals surface area (Å²) in [4.78, 5) is 40.8. The van der Waals surface area contributed by atoms with Crippen LogP contribution in [0.3, 0.4) is 0 Å². The van der Waals surface area contributed by atoms with E-state index in [9.17, 15) is 14.4 Å². The fourth-order valence-corrected chi connectivity index (χ4v) is 5.67. The lowest BCUT2D eigenvalue weighted by Crippen LogP contribution is -2.52. The number of hydrogen-bond donors (Lipinski definition) is 2. The summed E-state index contributed by atoms with van der Waals surface area (Å²) in [6.07, 6.45) is 8.33. The molecule has 3 amide bonds. The molecule has 4 aliphatic rings. The molecular formula is C23H30N4O3. The molecule has 1 saturated carbocycles. The maximum absolute atomic E-state index is 12.9. The Kier molecular flexibility index (Phi) is 5.23. The van der Waals surface area contributed by atoms with Gasteiger partial charge >= 0.3 is 0 Å². The van der Waals surface area contributed by atoms with Crippen molar-refractivity contribution in [2.75, 3.05) is 18.4 Å². The zero-order chi connectivity index (χ0) is 20.7. The minimum Gasteiger partial charge on any atom is -0.381 e. The van der Waals surface area contributed by atoms with Crippen molar-refractivity contribution >= 4 is 23.4 Å². The number of benzene rings is 1. The third kappa shape index (κ3) is 3.60. The molecule has 0 spiro atoms. The van der Waals surface area contributed by atoms with E-state index in [4.69, 9.17) is 0 Å². The van der Waals surface area contributed by atoms with E-state index in [0.717, 1.165) is 11.3 Å². The first kappa shape index (κ1) is 19.5. The highest BCUT2D eigenvalue weighted by Crippen LogP contribution is 2.32. The van der Waals surface area contributed by atoms with Crippen molar-refractivity contribution in [3.63, 3.8) is 0 Å². The van der Waals surface area contributed by atoms with E-state index in [1.807, 2.05) is 12.1 Å². The summed E-state index contributed by atoms with van der Waals surface area (Å²) in [6, 6.07) is 6.44. The van der Waals surface area contributed by atoms with E-state index in [2.05, 4.69) is 21.6 Å². The zero-order valence-electron chi connectivity index (χ0n) is 17.4. The maximum atomic E-state index is 12.9. The number of likely N-dealkylation sites (tertiary alicyclic amines) is 1. The highest BCUT2D eigenvalue weighted by Gasteiger charge is 2.39. The lowest BCUT2D eigenvalue weighted by Gasteiger charge is -2.36. The van der Waals surface area contributed by atoms with Crippen molar-refractivity contribution in [1.82, 2.24) is 15.1 Å². The number of carbonyl (C=O) groups is 3. The van der Waals surface area contributed by atoms with Gasteiger partial charge < -0.3 is 10.2 Å². The van der Waals surface area contributed by atoms with E-state index in [1.165, 1.54) is 51.6 Å². The number of fused-ring (bicyclic) bond motifs is 1. The molecular weight excluding hydrogens is 380 g/mol. The molecule has 3 atom stereocenters. The summed E-state index contributed by atoms with van der Waals surface area (Å²) in [7, 11) is 0. The van der Waals surface area contributed by atoms with Gasteiger partial charge in [0.25, 0.3) is 5.91 Å². The molecule has 30 heavy (non-hydrogen) atoms. The molecule has 0 bridgehead atoms. The summed E-state index contributed by atoms with van der Waals surface area (Å²) in [5, 5.41) is 6.11. The summed E-state index contributed by atoms with van der Waals surface area (Å²) >= 11 is 0. The molecule has 7 nitrogen and oxygen atoms in total. The van der Waals surface area contributed by atoms with Crippen LogP contribution in [0.25, 0.3) is 0 Å². The molecule has 0 aromatic heterocycles. The molecule has 2 N–H and O–H groups in total. The van der Waals surface area contributed by atoms with Crippen LogP contribution in [0, 0.1) is 0 Å². The van der Waals surface area contributed by atoms with Crippen molar-refractivity contribution in [3.05, 3.63) is 29.3 Å². The van der Waals surface area contributed by atoms with Crippen molar-refractivity contribution < 1.29 is 14.4 Å². The maximum Gasteiger partial charge on any atom is 0.255 e. The van der Waals surface area contributed by atoms with Gasteiger partial charge in [0.15, 0.2) is 0 Å². The molecule has 1 unspecified atom stereocenters. The minimum atomic E-state index is -0.558. The zero-order valence-corrected chi connectivity index (χ0v) is 17.4. The van der Waals surface area contributed by atoms with Gasteiger partial charge in [-0.05, 0) is 75.4 Å². The van der Waals surface area contributed by atoms with Gasteiger partial charge in [0, 0.05) is 36.3 Å². The van der Waals surface area contributed by atoms with Crippen LogP contribution < -0.4 is 10.6 Å². The van der Waals surface area contributed by atoms with Crippen LogP contribution in [0.15, 0.2) is 18.2 Å². The monoisotopic (exact) mass is 410 g/mol. The topological polar surface area (TPSA) is 81.8 Å². The highest BCUT2D eigenvalue weighted by molar-refractivity contribution is 6.05. The number of nitrogens with one attached hydrogen (secondary N) is 2. The number of amides is 3. The van der Waals surface area contributed by atoms with Gasteiger partial charge in [-0.3, -0.25) is 24.6 Å². The normalized spacial score (nSPS) is 29.8. The standard InChI is InChI=1S/C23H30N4O3/c28-21-10-9-20(22(29)25-21)27-14-15-13-16(7-8-17(15)23(27)30)24-18-5-4-6-19(18)26-11-2-1-3-12-26/h7-8,13,18-20,24H,1-6,9-12,14H2,(H,25,28,29)/t18-,19+,20?/m1/s1. The Balaban J connectivity index is 1.28. The average Bonchev–Trinajstić information content (AvgIpc) is 3.33. The Bertz CT molecular complexity index is 864. The Hall–Kier alpha value is -2.41. The minimum absolute atomic E-state index is 0.113. The molecule has 2 saturated heterocycles. The van der Waals surface area contributed by atoms with E-state index in [1.54, 1.807) is 4.90 Å². The van der Waals surface area contributed by atoms with Crippen molar-refractivity contribution in [3.8, 4) is 0 Å². The van der Waals surface area contributed by atoms with Gasteiger partial charge in [-0.1, -0.05) is 6.42 Å². The largest absolute Gasteiger partial charge is 0.381 e. The number of imide groups is 1. The van der Waals surface area contributed by atoms with Gasteiger partial charge in [-0.25, -0.2) is 0 Å². The van der Waals surface area contributed by atoms with E-state index >= 15 is 0 Å². The van der Waals surface area contributed by atoms with Crippen LogP contribution in [0.4, 0.5) is 5.69 Å². The second kappa shape index (κ2) is 8.02. The number of piperidine rings is 2. The Morgan fingerprint density at radius 2 is 1.80 bits per heavy atom. The van der Waals surface area contributed by atoms with Crippen LogP contribution in [0.2, 0.25) is 0 Å². The molecule has 1 aromatic carbocycles. The molecule has 5 rings (SSSR count). The summed E-state index contributed by atoms with van der Waals surface area (Å²) < 4.78 is 0. The van der Waals surface area contributed by atoms with Crippen LogP contribution in [0.1, 0.15) is 67.3 Å². The average molecular weight is 411 g/mol. The molecule has 1 aliphatic carbocycles. The van der Waals surface area contributed by atoms with E-state index < -0.39 is 6.04 Å². The number of carbonyl (C=O) groups excluding carboxylic acids is 3. The van der Waals surface area contributed by atoms with E-state index in [-0.39, 0.29) is 24.1 Å². The molecule has 3 heterocycles. The second-order valence-electron chi connectivity index (χ2n) is 9.12. The van der Waals surface area contributed by atoms with Crippen molar-refractivity contribution in [2.45, 2.75) is 76.0 Å². The predicted molar refractivity (Wildman–Crippen MR) is 113 cm³/mol. The predicted octanol–water partition coefficient (Wildman–Crippen LogP) is 2.27. The highest BCUT2D eigenvalue weighted by atomic mass is 16.2. The third-order valence-electron chi connectivity index (χ3n) is 7.21. The summed E-state index contributed by atoms with van der Waals surface area (Å²) in [5.41, 5.74) is 2.69. The fraction of sp³-hybridized carbons (Fsp3) is 0.609. The van der Waals surface area contributed by atoms with Gasteiger partial charge in [0.2, 0.25) is 11.8 Å². The van der Waals surface area contributed by atoms with Gasteiger partial charge in [-0.2, -0.15) is 0 Å². The fourth-order valence-electron chi connectivity index (χ4n) is 5.67. The van der Waals surface area contributed by atoms with Crippen LogP contribution in [0.5, 0.6) is 0 Å². The first-order valence-electron chi connectivity index (χ1n) is 11.4. The van der Waals surface area contributed by atoms with Crippen molar-refractivity contribution in [2.24, 2.45) is 0 Å². The molecule has 3 aliphatic heterocycles. The first-order valence-corrected chi connectivity index (χ1v) is 11.4. The van der Waals surface area contributed by atoms with Crippen LogP contribution >= 0.6 is 0 Å². The SMILES string of the molecule is O=C1CCC(N2Cc3cc(N[C@@H]4CCC[C@@H]4N4CCCCC4)ccc3C2=O)C(=O)N1. The number of nitrogens with zero attached hydrogens (tertiary/aromatic N) is 2. The van der Waals surface area contributed by atoms with Crippen LogP contribution in [-0.4, -0.2) is 58.7 Å². The molecule has 3 fully saturated rings. The first-order chi connectivity index (χ1) is 14.6. The van der Waals surface area contributed by atoms with Gasteiger partial charge in [0.1, 0.15) is 6.04 Å². The number of hydrogen-bond acceptors (Lipinski definition) is 5. The smallest absolute Gasteiger partial charge is 0.255 e. The van der Waals surface area contributed by atoms with Gasteiger partial charge in [-0.15, -0.1) is 0 Å². The lowest BCUT2D eigenvalue weighted by molar-refractivity contribution is -0.136. The number of rotatable bonds is 4. The molecule has 7 heteroatoms. The Labute approximate surface area is 177 Å². The van der Waals surface area contributed by atoms with Crippen molar-refractivity contribution in [1.29, 1.82) is 0 Å². The Morgan fingerprint density at radius 1 is 0.967 bits per heavy atom. The Morgan fingerprint density at radius 3 is 2.60 bits per heavy atom. The van der Waals surface area contributed by atoms with Crippen LogP contribution in [-0.2, 0) is 16.1 Å². The quantitative estimate of drug-likeness (QED) is 0.745. The molecule has 1 aromatic rings. The number of anilines is 1. The third-order valence-corrected chi connectivity index (χ3v) is 7.21. The van der Waals surface area contributed by atoms with Gasteiger partial charge in [0.05, 0.1) is 0 Å². The molecule has 160 valence electrons. The lowest BCUT2D eigenvalue weighted by atomic mass is 10.0. The molecule has 0 radical (unpaired) electrons. The summed E-state index contributed by atoms with van der Waals surface area (Å²) in [6.45, 7) is 2.85. The second-order valence-corrected chi connectivity index (χ2v) is 9.12.